The molecule has 2 atom stereocenters. The van der Waals surface area contributed by atoms with Gasteiger partial charge in [0.2, 0.25) is 0 Å². The highest BCUT2D eigenvalue weighted by molar-refractivity contribution is 6.45. The smallest absolute Gasteiger partial charge is 0.373 e. The number of hydrogen-bond donors (Lipinski definition) is 3. The summed E-state index contributed by atoms with van der Waals surface area (Å²) in [6.07, 6.45) is 4.66. The molecule has 0 aliphatic heterocycles. The summed E-state index contributed by atoms with van der Waals surface area (Å²) in [6, 6.07) is 0.557. The molecule has 11 heavy (non-hydrogen) atoms. The first-order valence-corrected chi connectivity index (χ1v) is 4.40. The van der Waals surface area contributed by atoms with Crippen LogP contribution in [-0.4, -0.2) is 24.2 Å². The molecule has 0 amide bonds. The Hall–Kier alpha value is -0.0551. The Balaban J connectivity index is 2.29. The number of nitrogens with two attached hydrogens (primary N) is 1. The minimum atomic E-state index is -0.427. The van der Waals surface area contributed by atoms with Gasteiger partial charge in [-0.3, -0.25) is 0 Å². The quantitative estimate of drug-likeness (QED) is 0.491. The van der Waals surface area contributed by atoms with E-state index in [1.165, 1.54) is 12.8 Å². The minimum Gasteiger partial charge on any atom is -0.437 e. The lowest BCUT2D eigenvalue weighted by atomic mass is 9.82. The first-order valence-electron chi connectivity index (χ1n) is 4.40. The Morgan fingerprint density at radius 2 is 2.09 bits per heavy atom. The molecule has 1 fully saturated rings. The summed E-state index contributed by atoms with van der Waals surface area (Å²) in [5.41, 5.74) is 5.85. The third-order valence-electron chi connectivity index (χ3n) is 2.27. The molecule has 0 heterocycles. The van der Waals surface area contributed by atoms with Gasteiger partial charge in [0.25, 0.3) is 0 Å². The summed E-state index contributed by atoms with van der Waals surface area (Å²) in [4.78, 5) is 0. The van der Waals surface area contributed by atoms with E-state index >= 15 is 0 Å². The highest BCUT2D eigenvalue weighted by Gasteiger charge is 2.22. The van der Waals surface area contributed by atoms with E-state index in [4.69, 9.17) is 10.8 Å². The van der Waals surface area contributed by atoms with Crippen LogP contribution in [0.2, 0.25) is 6.82 Å². The molecular weight excluding hydrogens is 139 g/mol. The van der Waals surface area contributed by atoms with Crippen LogP contribution in [0.25, 0.3) is 0 Å². The molecule has 0 unspecified atom stereocenters. The maximum atomic E-state index is 9.06. The van der Waals surface area contributed by atoms with Crippen LogP contribution in [0.5, 0.6) is 0 Å². The SMILES string of the molecule is CB(O)N[C@H]1CCCC[C@H]1N. The normalized spacial score (nSPS) is 31.9. The first-order chi connectivity index (χ1) is 5.20. The molecule has 0 saturated heterocycles. The van der Waals surface area contributed by atoms with Gasteiger partial charge in [-0.2, -0.15) is 0 Å². The molecule has 0 spiro atoms. The largest absolute Gasteiger partial charge is 0.437 e. The van der Waals surface area contributed by atoms with Crippen LogP contribution < -0.4 is 11.0 Å². The molecule has 0 aromatic carbocycles. The van der Waals surface area contributed by atoms with E-state index in [2.05, 4.69) is 5.23 Å². The van der Waals surface area contributed by atoms with Crippen LogP contribution in [0.15, 0.2) is 0 Å². The second-order valence-electron chi connectivity index (χ2n) is 3.40. The van der Waals surface area contributed by atoms with Crippen molar-refractivity contribution in [2.24, 2.45) is 5.73 Å². The maximum absolute atomic E-state index is 9.06. The van der Waals surface area contributed by atoms with Gasteiger partial charge in [-0.1, -0.05) is 12.8 Å². The van der Waals surface area contributed by atoms with Crippen molar-refractivity contribution in [3.05, 3.63) is 0 Å². The van der Waals surface area contributed by atoms with E-state index in [0.717, 1.165) is 12.8 Å². The van der Waals surface area contributed by atoms with Gasteiger partial charge in [-0.15, -0.1) is 0 Å². The summed E-state index contributed by atoms with van der Waals surface area (Å²) < 4.78 is 0. The lowest BCUT2D eigenvalue weighted by Crippen LogP contribution is -2.51. The van der Waals surface area contributed by atoms with Gasteiger partial charge in [0.1, 0.15) is 0 Å². The lowest BCUT2D eigenvalue weighted by molar-refractivity contribution is 0.351. The van der Waals surface area contributed by atoms with Crippen LogP contribution in [0.4, 0.5) is 0 Å². The highest BCUT2D eigenvalue weighted by atomic mass is 16.2. The Bertz CT molecular complexity index is 121. The van der Waals surface area contributed by atoms with Crippen molar-refractivity contribution in [3.63, 3.8) is 0 Å². The Morgan fingerprint density at radius 3 is 2.64 bits per heavy atom. The van der Waals surface area contributed by atoms with Crippen LogP contribution >= 0.6 is 0 Å². The zero-order valence-corrected chi connectivity index (χ0v) is 7.09. The number of hydrogen-bond acceptors (Lipinski definition) is 3. The van der Waals surface area contributed by atoms with Gasteiger partial charge in [-0.25, -0.2) is 0 Å². The third kappa shape index (κ3) is 2.81. The third-order valence-corrected chi connectivity index (χ3v) is 2.27. The van der Waals surface area contributed by atoms with E-state index in [1.807, 2.05) is 0 Å². The van der Waals surface area contributed by atoms with Crippen molar-refractivity contribution in [2.45, 2.75) is 44.6 Å². The summed E-state index contributed by atoms with van der Waals surface area (Å²) >= 11 is 0. The van der Waals surface area contributed by atoms with Crippen LogP contribution in [0.3, 0.4) is 0 Å². The summed E-state index contributed by atoms with van der Waals surface area (Å²) in [5, 5.41) is 12.1. The molecule has 0 aromatic heterocycles. The fourth-order valence-corrected chi connectivity index (χ4v) is 1.68. The van der Waals surface area contributed by atoms with Crippen LogP contribution in [0, 0.1) is 0 Å². The zero-order valence-electron chi connectivity index (χ0n) is 7.09. The molecule has 0 radical (unpaired) electrons. The Labute approximate surface area is 68.5 Å². The van der Waals surface area contributed by atoms with Crippen molar-refractivity contribution in [3.8, 4) is 0 Å². The van der Waals surface area contributed by atoms with Crippen LogP contribution in [0.1, 0.15) is 25.7 Å². The van der Waals surface area contributed by atoms with Gasteiger partial charge in [0.15, 0.2) is 0 Å². The molecule has 4 N–H and O–H groups in total. The molecule has 1 saturated carbocycles. The predicted octanol–water partition coefficient (Wildman–Crippen LogP) is -0.0438. The first kappa shape index (κ1) is 9.04. The van der Waals surface area contributed by atoms with E-state index < -0.39 is 7.05 Å². The molecule has 4 heteroatoms. The van der Waals surface area contributed by atoms with Crippen molar-refractivity contribution in [2.75, 3.05) is 0 Å². The number of nitrogens with one attached hydrogen (secondary N) is 1. The molecule has 1 aliphatic carbocycles. The summed E-state index contributed by atoms with van der Waals surface area (Å²) in [6.45, 7) is 1.74. The average Bonchev–Trinajstić information content (AvgIpc) is 1.93. The van der Waals surface area contributed by atoms with Crippen molar-refractivity contribution < 1.29 is 5.02 Å². The van der Waals surface area contributed by atoms with E-state index in [1.54, 1.807) is 6.82 Å². The van der Waals surface area contributed by atoms with Crippen LogP contribution in [-0.2, 0) is 0 Å². The average molecular weight is 156 g/mol. The van der Waals surface area contributed by atoms with Gasteiger partial charge in [0.05, 0.1) is 0 Å². The standard InChI is InChI=1S/C7H17BN2O/c1-8(11)10-7-5-3-2-4-6(7)9/h6-7,10-11H,2-5,9H2,1H3/t6-,7+/m1/s1. The fraction of sp³-hybridized carbons (Fsp3) is 1.00. The second-order valence-corrected chi connectivity index (χ2v) is 3.40. The Morgan fingerprint density at radius 1 is 1.45 bits per heavy atom. The summed E-state index contributed by atoms with van der Waals surface area (Å²) in [5.74, 6) is 0. The predicted molar refractivity (Wildman–Crippen MR) is 47.2 cm³/mol. The lowest BCUT2D eigenvalue weighted by Gasteiger charge is -2.29. The second kappa shape index (κ2) is 4.09. The van der Waals surface area contributed by atoms with Gasteiger partial charge < -0.3 is 16.0 Å². The molecular formula is C7H17BN2O. The van der Waals surface area contributed by atoms with Gasteiger partial charge in [0, 0.05) is 12.1 Å². The van der Waals surface area contributed by atoms with Crippen molar-refractivity contribution >= 4 is 7.05 Å². The number of rotatable bonds is 2. The monoisotopic (exact) mass is 156 g/mol. The Kier molecular flexibility index (Phi) is 3.36. The molecule has 3 nitrogen and oxygen atoms in total. The topological polar surface area (TPSA) is 58.3 Å². The fourth-order valence-electron chi connectivity index (χ4n) is 1.68. The molecule has 1 aliphatic rings. The minimum absolute atomic E-state index is 0.235. The summed E-state index contributed by atoms with van der Waals surface area (Å²) in [7, 11) is -0.427. The van der Waals surface area contributed by atoms with E-state index in [9.17, 15) is 0 Å². The molecule has 64 valence electrons. The highest BCUT2D eigenvalue weighted by Crippen LogP contribution is 2.16. The molecule has 0 aromatic rings. The van der Waals surface area contributed by atoms with Crippen molar-refractivity contribution in [1.82, 2.24) is 5.23 Å². The zero-order chi connectivity index (χ0) is 8.27. The van der Waals surface area contributed by atoms with Gasteiger partial charge in [-0.05, 0) is 19.7 Å². The van der Waals surface area contributed by atoms with Gasteiger partial charge >= 0.3 is 7.05 Å². The molecule has 0 bridgehead atoms. The van der Waals surface area contributed by atoms with Crippen molar-refractivity contribution in [1.29, 1.82) is 0 Å². The van der Waals surface area contributed by atoms with E-state index in [-0.39, 0.29) is 6.04 Å². The maximum Gasteiger partial charge on any atom is 0.373 e. The molecule has 1 rings (SSSR count). The van der Waals surface area contributed by atoms with E-state index in [0.29, 0.717) is 6.04 Å².